The van der Waals surface area contributed by atoms with Crippen LogP contribution in [0.5, 0.6) is 0 Å². The fourth-order valence-electron chi connectivity index (χ4n) is 2.24. The maximum Gasteiger partial charge on any atom is 0.108 e. The number of methoxy groups -OCH3 is 1. The average Bonchev–Trinajstić information content (AvgIpc) is 2.89. The Labute approximate surface area is 141 Å². The van der Waals surface area contributed by atoms with E-state index in [9.17, 15) is 0 Å². The van der Waals surface area contributed by atoms with Gasteiger partial charge in [-0.1, -0.05) is 46.8 Å². The maximum atomic E-state index is 7.57. The summed E-state index contributed by atoms with van der Waals surface area (Å²) in [5.41, 5.74) is 1.15. The van der Waals surface area contributed by atoms with Crippen LogP contribution >= 0.6 is 0 Å². The molecule has 7 heteroatoms. The van der Waals surface area contributed by atoms with Crippen LogP contribution in [-0.4, -0.2) is 44.3 Å². The Bertz CT molecular complexity index is 342. The lowest BCUT2D eigenvalue weighted by Crippen LogP contribution is -2.22. The molecule has 0 atom stereocenters. The second kappa shape index (κ2) is 17.3. The van der Waals surface area contributed by atoms with Gasteiger partial charge in [0.15, 0.2) is 0 Å². The van der Waals surface area contributed by atoms with E-state index in [0.29, 0.717) is 12.5 Å². The summed E-state index contributed by atoms with van der Waals surface area (Å²) in [5, 5.41) is 27.7. The van der Waals surface area contributed by atoms with Crippen LogP contribution in [0.2, 0.25) is 0 Å². The van der Waals surface area contributed by atoms with Gasteiger partial charge in [-0.05, 0) is 24.7 Å². The van der Waals surface area contributed by atoms with Crippen molar-refractivity contribution >= 4 is 0 Å². The molecule has 0 saturated carbocycles. The van der Waals surface area contributed by atoms with Crippen molar-refractivity contribution in [3.05, 3.63) is 11.9 Å². The van der Waals surface area contributed by atoms with Crippen LogP contribution in [0, 0.1) is 11.3 Å². The topological polar surface area (TPSA) is 101 Å². The predicted molar refractivity (Wildman–Crippen MR) is 93.3 cm³/mol. The minimum atomic E-state index is 0.250. The molecule has 0 saturated heterocycles. The van der Waals surface area contributed by atoms with Gasteiger partial charge < -0.3 is 9.84 Å². The summed E-state index contributed by atoms with van der Waals surface area (Å²) in [6.07, 6.45) is 3.15. The normalized spacial score (nSPS) is 9.91. The predicted octanol–water partition coefficient (Wildman–Crippen LogP) is 3.54. The quantitative estimate of drug-likeness (QED) is 0.543. The third-order valence-corrected chi connectivity index (χ3v) is 2.43. The number of aliphatic hydroxyl groups is 1. The standard InChI is InChI=1S/C12H23N3O.C2H6O.C2H6.H2O2/c1-10(2)6-12(3,4)9-15-7-11(8-16-5)13-14-15;1-2-3;2*1-2/h7,10H,6,8-9H2,1-5H3;3H,2H2,1H3;1-2H3;1-2H. The van der Waals surface area contributed by atoms with Crippen molar-refractivity contribution in [1.82, 2.24) is 15.0 Å². The van der Waals surface area contributed by atoms with E-state index in [1.165, 1.54) is 6.42 Å². The molecule has 0 fully saturated rings. The molecule has 0 aliphatic carbocycles. The molecule has 23 heavy (non-hydrogen) atoms. The van der Waals surface area contributed by atoms with Crippen molar-refractivity contribution in [2.24, 2.45) is 11.3 Å². The van der Waals surface area contributed by atoms with Gasteiger partial charge in [0, 0.05) is 20.3 Å². The summed E-state index contributed by atoms with van der Waals surface area (Å²) in [4.78, 5) is 0. The molecule has 0 spiro atoms. The monoisotopic (exact) mass is 335 g/mol. The van der Waals surface area contributed by atoms with Crippen molar-refractivity contribution in [3.63, 3.8) is 0 Å². The van der Waals surface area contributed by atoms with Gasteiger partial charge >= 0.3 is 0 Å². The van der Waals surface area contributed by atoms with E-state index in [-0.39, 0.29) is 12.0 Å². The minimum absolute atomic E-state index is 0.250. The summed E-state index contributed by atoms with van der Waals surface area (Å²) in [6, 6.07) is 0. The Morgan fingerprint density at radius 2 is 1.74 bits per heavy atom. The maximum absolute atomic E-state index is 7.57. The minimum Gasteiger partial charge on any atom is -0.397 e. The first kappa shape index (κ1) is 26.9. The summed E-state index contributed by atoms with van der Waals surface area (Å²) in [6.45, 7) is 16.4. The molecule has 0 unspecified atom stereocenters. The number of hydrogen-bond acceptors (Lipinski definition) is 6. The molecule has 1 rings (SSSR count). The van der Waals surface area contributed by atoms with Gasteiger partial charge in [-0.3, -0.25) is 15.2 Å². The summed E-state index contributed by atoms with van der Waals surface area (Å²) < 4.78 is 6.93. The molecular formula is C16H37N3O4. The summed E-state index contributed by atoms with van der Waals surface area (Å²) in [5.74, 6) is 0.706. The van der Waals surface area contributed by atoms with Crippen LogP contribution in [0.15, 0.2) is 6.20 Å². The zero-order valence-electron chi connectivity index (χ0n) is 16.1. The van der Waals surface area contributed by atoms with E-state index in [2.05, 4.69) is 38.0 Å². The molecule has 0 radical (unpaired) electrons. The molecule has 0 aliphatic heterocycles. The molecule has 0 aliphatic rings. The van der Waals surface area contributed by atoms with Gasteiger partial charge in [-0.25, -0.2) is 0 Å². The van der Waals surface area contributed by atoms with E-state index in [4.69, 9.17) is 20.4 Å². The third kappa shape index (κ3) is 17.2. The van der Waals surface area contributed by atoms with E-state index in [1.807, 2.05) is 24.7 Å². The lowest BCUT2D eigenvalue weighted by Gasteiger charge is -2.26. The highest BCUT2D eigenvalue weighted by Crippen LogP contribution is 2.26. The molecule has 7 nitrogen and oxygen atoms in total. The van der Waals surface area contributed by atoms with Gasteiger partial charge in [0.1, 0.15) is 5.69 Å². The number of nitrogens with zero attached hydrogens (tertiary/aromatic N) is 3. The van der Waals surface area contributed by atoms with E-state index >= 15 is 0 Å². The molecule has 140 valence electrons. The Morgan fingerprint density at radius 1 is 1.26 bits per heavy atom. The van der Waals surface area contributed by atoms with Gasteiger partial charge in [-0.15, -0.1) is 5.10 Å². The summed E-state index contributed by atoms with van der Waals surface area (Å²) >= 11 is 0. The SMILES string of the molecule is CC.CCO.COCc1cn(CC(C)(C)CC(C)C)nn1.OO. The summed E-state index contributed by atoms with van der Waals surface area (Å²) in [7, 11) is 1.67. The van der Waals surface area contributed by atoms with Crippen molar-refractivity contribution in [1.29, 1.82) is 0 Å². The van der Waals surface area contributed by atoms with Gasteiger partial charge in [-0.2, -0.15) is 0 Å². The molecule has 1 aromatic heterocycles. The fourth-order valence-corrected chi connectivity index (χ4v) is 2.24. The van der Waals surface area contributed by atoms with Crippen LogP contribution in [-0.2, 0) is 17.9 Å². The zero-order valence-corrected chi connectivity index (χ0v) is 16.1. The molecule has 0 amide bonds. The van der Waals surface area contributed by atoms with Crippen molar-refractivity contribution in [3.8, 4) is 0 Å². The Balaban J connectivity index is -0.000000496. The smallest absolute Gasteiger partial charge is 0.108 e. The third-order valence-electron chi connectivity index (χ3n) is 2.43. The van der Waals surface area contributed by atoms with Crippen LogP contribution in [0.25, 0.3) is 0 Å². The van der Waals surface area contributed by atoms with E-state index < -0.39 is 0 Å². The molecule has 1 heterocycles. The average molecular weight is 335 g/mol. The largest absolute Gasteiger partial charge is 0.397 e. The first-order valence-electron chi connectivity index (χ1n) is 8.03. The van der Waals surface area contributed by atoms with Crippen molar-refractivity contribution in [2.45, 2.75) is 68.0 Å². The van der Waals surface area contributed by atoms with Crippen molar-refractivity contribution in [2.75, 3.05) is 13.7 Å². The zero-order chi connectivity index (χ0) is 18.9. The number of aliphatic hydroxyl groups excluding tert-OH is 1. The Kier molecular flexibility index (Phi) is 20.2. The number of aromatic nitrogens is 3. The first-order valence-corrected chi connectivity index (χ1v) is 8.03. The lowest BCUT2D eigenvalue weighted by molar-refractivity contribution is -0.176. The van der Waals surface area contributed by atoms with Crippen LogP contribution in [0.1, 0.15) is 60.6 Å². The molecule has 0 bridgehead atoms. The molecular weight excluding hydrogens is 298 g/mol. The Morgan fingerprint density at radius 3 is 2.13 bits per heavy atom. The second-order valence-electron chi connectivity index (χ2n) is 5.92. The highest BCUT2D eigenvalue weighted by atomic mass is 17.0. The second-order valence-corrected chi connectivity index (χ2v) is 5.92. The number of ether oxygens (including phenoxy) is 1. The van der Waals surface area contributed by atoms with Crippen LogP contribution in [0.3, 0.4) is 0 Å². The molecule has 0 aromatic carbocycles. The Hall–Kier alpha value is -1.02. The van der Waals surface area contributed by atoms with E-state index in [0.717, 1.165) is 12.2 Å². The van der Waals surface area contributed by atoms with Crippen LogP contribution < -0.4 is 0 Å². The van der Waals surface area contributed by atoms with Gasteiger partial charge in [0.05, 0.1) is 12.8 Å². The van der Waals surface area contributed by atoms with Gasteiger partial charge in [0.2, 0.25) is 0 Å². The van der Waals surface area contributed by atoms with Crippen molar-refractivity contribution < 1.29 is 20.4 Å². The highest BCUT2D eigenvalue weighted by Gasteiger charge is 2.20. The number of rotatable bonds is 6. The molecule has 3 N–H and O–H groups in total. The lowest BCUT2D eigenvalue weighted by atomic mass is 9.84. The van der Waals surface area contributed by atoms with E-state index in [1.54, 1.807) is 14.0 Å². The highest BCUT2D eigenvalue weighted by molar-refractivity contribution is 4.90. The number of hydrogen-bond donors (Lipinski definition) is 3. The van der Waals surface area contributed by atoms with Gasteiger partial charge in [0.25, 0.3) is 0 Å². The first-order chi connectivity index (χ1) is 10.8. The molecule has 1 aromatic rings. The van der Waals surface area contributed by atoms with Crippen LogP contribution in [0.4, 0.5) is 0 Å². The fraction of sp³-hybridized carbons (Fsp3) is 0.875.